The first-order valence-electron chi connectivity index (χ1n) is 10.7. The maximum Gasteiger partial charge on any atom is 0.250 e. The summed E-state index contributed by atoms with van der Waals surface area (Å²) in [5.41, 5.74) is 2.41. The van der Waals surface area contributed by atoms with Gasteiger partial charge < -0.3 is 14.6 Å². The van der Waals surface area contributed by atoms with Gasteiger partial charge in [0.25, 0.3) is 0 Å². The Morgan fingerprint density at radius 1 is 1.09 bits per heavy atom. The van der Waals surface area contributed by atoms with Gasteiger partial charge in [0.2, 0.25) is 5.91 Å². The van der Waals surface area contributed by atoms with Crippen molar-refractivity contribution in [2.75, 3.05) is 6.54 Å². The van der Waals surface area contributed by atoms with Crippen LogP contribution in [0.1, 0.15) is 42.6 Å². The van der Waals surface area contributed by atoms with Crippen molar-refractivity contribution in [1.29, 1.82) is 0 Å². The molecule has 0 saturated carbocycles. The van der Waals surface area contributed by atoms with Crippen molar-refractivity contribution in [1.82, 2.24) is 14.5 Å². The summed E-state index contributed by atoms with van der Waals surface area (Å²) in [4.78, 5) is 18.8. The second-order valence-electron chi connectivity index (χ2n) is 8.26. The van der Waals surface area contributed by atoms with Crippen LogP contribution in [-0.4, -0.2) is 38.1 Å². The molecule has 2 atom stereocenters. The highest BCUT2D eigenvalue weighted by atomic mass is 19.2. The number of hydrogen-bond acceptors (Lipinski definition) is 3. The summed E-state index contributed by atoms with van der Waals surface area (Å²) in [5.74, 6) is -2.82. The molecular weight excluding hydrogens is 431 g/mol. The zero-order chi connectivity index (χ0) is 23.7. The van der Waals surface area contributed by atoms with Crippen LogP contribution in [0.4, 0.5) is 13.2 Å². The summed E-state index contributed by atoms with van der Waals surface area (Å²) in [7, 11) is 0. The van der Waals surface area contributed by atoms with Crippen LogP contribution in [0.3, 0.4) is 0 Å². The lowest BCUT2D eigenvalue weighted by Crippen LogP contribution is -2.43. The molecule has 0 aliphatic carbocycles. The second kappa shape index (κ2) is 9.23. The Morgan fingerprint density at radius 2 is 1.88 bits per heavy atom. The lowest BCUT2D eigenvalue weighted by atomic mass is 9.94. The summed E-state index contributed by atoms with van der Waals surface area (Å²) >= 11 is 0. The topological polar surface area (TPSA) is 58.4 Å². The number of aryl methyl sites for hydroxylation is 1. The van der Waals surface area contributed by atoms with E-state index in [1.54, 1.807) is 29.0 Å². The number of hydrogen-bond donors (Lipinski definition) is 1. The van der Waals surface area contributed by atoms with Gasteiger partial charge in [-0.25, -0.2) is 18.2 Å². The standard InChI is InChI=1S/C25H24F3N3O2/c1-15-13-30(14-29-15)23-8-5-17(11-22(23)28)10-19-4-3-9-31(25(19)33)24(16(2)32)18-6-7-20(26)21(27)12-18/h5-8,10-14,16,24,32H,3-4,9H2,1-2H3/t16-,24+/m1/s1. The Bertz CT molecular complexity index is 1220. The number of nitrogens with zero attached hydrogens (tertiary/aromatic N) is 3. The number of amides is 1. The van der Waals surface area contributed by atoms with E-state index in [0.717, 1.165) is 17.8 Å². The number of halogens is 3. The Labute approximate surface area is 189 Å². The van der Waals surface area contributed by atoms with Crippen molar-refractivity contribution in [3.63, 3.8) is 0 Å². The SMILES string of the molecule is Cc1cn(-c2ccc(C=C3CCCN([C@H](c4ccc(F)c(F)c4)[C@@H](C)O)C3=O)cc2F)cn1. The van der Waals surface area contributed by atoms with Crippen molar-refractivity contribution < 1.29 is 23.1 Å². The van der Waals surface area contributed by atoms with Gasteiger partial charge in [0.15, 0.2) is 11.6 Å². The molecule has 1 aromatic heterocycles. The molecule has 0 bridgehead atoms. The Balaban J connectivity index is 1.62. The van der Waals surface area contributed by atoms with Crippen molar-refractivity contribution in [3.8, 4) is 5.69 Å². The monoisotopic (exact) mass is 455 g/mol. The molecule has 2 aromatic carbocycles. The van der Waals surface area contributed by atoms with Crippen LogP contribution in [0.15, 0.2) is 54.5 Å². The molecule has 1 aliphatic heterocycles. The lowest BCUT2D eigenvalue weighted by molar-refractivity contribution is -0.133. The molecule has 4 rings (SSSR count). The van der Waals surface area contributed by atoms with Crippen molar-refractivity contribution in [2.45, 2.75) is 38.8 Å². The first-order chi connectivity index (χ1) is 15.7. The zero-order valence-electron chi connectivity index (χ0n) is 18.3. The van der Waals surface area contributed by atoms with Gasteiger partial charge in [-0.15, -0.1) is 0 Å². The quantitative estimate of drug-likeness (QED) is 0.566. The Morgan fingerprint density at radius 3 is 2.52 bits per heavy atom. The van der Waals surface area contributed by atoms with Crippen LogP contribution in [0, 0.1) is 24.4 Å². The van der Waals surface area contributed by atoms with E-state index in [1.807, 2.05) is 6.92 Å². The molecule has 1 N–H and O–H groups in total. The maximum absolute atomic E-state index is 14.7. The number of imidazole rings is 1. The van der Waals surface area contributed by atoms with E-state index in [9.17, 15) is 23.1 Å². The van der Waals surface area contributed by atoms with Gasteiger partial charge in [0, 0.05) is 18.3 Å². The van der Waals surface area contributed by atoms with Crippen LogP contribution >= 0.6 is 0 Å². The van der Waals surface area contributed by atoms with Crippen LogP contribution in [0.5, 0.6) is 0 Å². The predicted octanol–water partition coefficient (Wildman–Crippen LogP) is 4.73. The van der Waals surface area contributed by atoms with Gasteiger partial charge in [-0.3, -0.25) is 4.79 Å². The molecule has 3 aromatic rings. The molecule has 0 radical (unpaired) electrons. The van der Waals surface area contributed by atoms with Gasteiger partial charge in [0.05, 0.1) is 29.9 Å². The van der Waals surface area contributed by atoms with Crippen molar-refractivity contribution in [2.24, 2.45) is 0 Å². The summed E-state index contributed by atoms with van der Waals surface area (Å²) in [6.45, 7) is 3.68. The lowest BCUT2D eigenvalue weighted by Gasteiger charge is -2.37. The smallest absolute Gasteiger partial charge is 0.250 e. The van der Waals surface area contributed by atoms with Gasteiger partial charge in [-0.1, -0.05) is 12.1 Å². The highest BCUT2D eigenvalue weighted by molar-refractivity contribution is 5.98. The molecule has 8 heteroatoms. The molecule has 2 heterocycles. The summed E-state index contributed by atoms with van der Waals surface area (Å²) < 4.78 is 43.5. The number of aromatic nitrogens is 2. The molecule has 0 spiro atoms. The average Bonchev–Trinajstić information content (AvgIpc) is 3.19. The minimum Gasteiger partial charge on any atom is -0.391 e. The molecule has 1 fully saturated rings. The summed E-state index contributed by atoms with van der Waals surface area (Å²) in [5, 5.41) is 10.4. The maximum atomic E-state index is 14.7. The summed E-state index contributed by atoms with van der Waals surface area (Å²) in [6.07, 6.45) is 4.98. The molecule has 1 saturated heterocycles. The third-order valence-corrected chi connectivity index (χ3v) is 5.76. The third kappa shape index (κ3) is 4.71. The van der Waals surface area contributed by atoms with E-state index in [4.69, 9.17) is 0 Å². The van der Waals surface area contributed by atoms with Crippen molar-refractivity contribution >= 4 is 12.0 Å². The number of benzene rings is 2. The van der Waals surface area contributed by atoms with Crippen LogP contribution in [-0.2, 0) is 4.79 Å². The predicted molar refractivity (Wildman–Crippen MR) is 118 cm³/mol. The molecule has 1 aliphatic rings. The van der Waals surface area contributed by atoms with Crippen LogP contribution in [0.25, 0.3) is 11.8 Å². The van der Waals surface area contributed by atoms with Crippen molar-refractivity contribution in [3.05, 3.63) is 88.8 Å². The number of aliphatic hydroxyl groups excluding tert-OH is 1. The fourth-order valence-electron chi connectivity index (χ4n) is 4.22. The van der Waals surface area contributed by atoms with E-state index >= 15 is 0 Å². The van der Waals surface area contributed by atoms with Crippen LogP contribution in [0.2, 0.25) is 0 Å². The molecule has 33 heavy (non-hydrogen) atoms. The normalized spacial score (nSPS) is 17.5. The van der Waals surface area contributed by atoms with Gasteiger partial charge in [-0.2, -0.15) is 0 Å². The average molecular weight is 455 g/mol. The molecule has 172 valence electrons. The zero-order valence-corrected chi connectivity index (χ0v) is 18.3. The molecule has 1 amide bonds. The number of aliphatic hydroxyl groups is 1. The number of carbonyl (C=O) groups is 1. The van der Waals surface area contributed by atoms with E-state index < -0.39 is 29.6 Å². The molecule has 0 unspecified atom stereocenters. The van der Waals surface area contributed by atoms with E-state index in [-0.39, 0.29) is 5.91 Å². The largest absolute Gasteiger partial charge is 0.391 e. The fraction of sp³-hybridized carbons (Fsp3) is 0.280. The van der Waals surface area contributed by atoms with Gasteiger partial charge in [-0.05, 0) is 68.2 Å². The third-order valence-electron chi connectivity index (χ3n) is 5.76. The van der Waals surface area contributed by atoms with Gasteiger partial charge >= 0.3 is 0 Å². The second-order valence-corrected chi connectivity index (χ2v) is 8.26. The Hall–Kier alpha value is -3.39. The number of likely N-dealkylation sites (tertiary alicyclic amines) is 1. The fourth-order valence-corrected chi connectivity index (χ4v) is 4.22. The highest BCUT2D eigenvalue weighted by Gasteiger charge is 2.33. The minimum atomic E-state index is -1.04. The number of piperidine rings is 1. The Kier molecular flexibility index (Phi) is 6.37. The highest BCUT2D eigenvalue weighted by Crippen LogP contribution is 2.32. The molecular formula is C25H24F3N3O2. The number of rotatable bonds is 5. The first kappa shape index (κ1) is 22.8. The van der Waals surface area contributed by atoms with E-state index in [1.165, 1.54) is 30.3 Å². The van der Waals surface area contributed by atoms with E-state index in [2.05, 4.69) is 4.98 Å². The van der Waals surface area contributed by atoms with E-state index in [0.29, 0.717) is 41.8 Å². The van der Waals surface area contributed by atoms with Crippen LogP contribution < -0.4 is 0 Å². The first-order valence-corrected chi connectivity index (χ1v) is 10.7. The molecule has 5 nitrogen and oxygen atoms in total. The van der Waals surface area contributed by atoms with Gasteiger partial charge in [0.1, 0.15) is 5.82 Å². The summed E-state index contributed by atoms with van der Waals surface area (Å²) in [6, 6.07) is 7.21. The number of carbonyl (C=O) groups excluding carboxylic acids is 1. The minimum absolute atomic E-state index is 0.310.